The van der Waals surface area contributed by atoms with E-state index in [1.165, 1.54) is 0 Å². The Morgan fingerprint density at radius 2 is 1.93 bits per heavy atom. The second-order valence-electron chi connectivity index (χ2n) is 3.04. The van der Waals surface area contributed by atoms with Crippen LogP contribution in [0.5, 0.6) is 0 Å². The molecule has 0 aromatic carbocycles. The van der Waals surface area contributed by atoms with E-state index < -0.39 is 6.09 Å². The molecule has 0 saturated heterocycles. The molecule has 14 heavy (non-hydrogen) atoms. The first-order chi connectivity index (χ1) is 6.63. The number of primary amides is 1. The zero-order chi connectivity index (χ0) is 11.0. The van der Waals surface area contributed by atoms with E-state index in [-0.39, 0.29) is 12.2 Å². The summed E-state index contributed by atoms with van der Waals surface area (Å²) in [5, 5.41) is 0. The minimum atomic E-state index is -0.741. The Hall–Kier alpha value is -0.810. The highest BCUT2D eigenvalue weighted by molar-refractivity contribution is 5.64. The molecule has 2 N–H and O–H groups in total. The van der Waals surface area contributed by atoms with E-state index in [1.54, 1.807) is 14.2 Å². The molecule has 1 amide bonds. The quantitative estimate of drug-likeness (QED) is 0.632. The Morgan fingerprint density at radius 3 is 2.29 bits per heavy atom. The number of nitrogens with two attached hydrogens (primary N) is 1. The zero-order valence-corrected chi connectivity index (χ0v) is 8.99. The summed E-state index contributed by atoms with van der Waals surface area (Å²) >= 11 is 0. The lowest BCUT2D eigenvalue weighted by molar-refractivity contribution is -0.116. The minimum absolute atomic E-state index is 0.215. The third-order valence-corrected chi connectivity index (χ3v) is 2.09. The van der Waals surface area contributed by atoms with Gasteiger partial charge in [-0.05, 0) is 12.3 Å². The first kappa shape index (κ1) is 13.2. The lowest BCUT2D eigenvalue weighted by Crippen LogP contribution is -2.23. The molecular weight excluding hydrogens is 186 g/mol. The fourth-order valence-electron chi connectivity index (χ4n) is 1.11. The predicted molar refractivity (Wildman–Crippen MR) is 51.7 cm³/mol. The van der Waals surface area contributed by atoms with E-state index in [2.05, 4.69) is 0 Å². The fourth-order valence-corrected chi connectivity index (χ4v) is 1.11. The Morgan fingerprint density at radius 1 is 1.36 bits per heavy atom. The summed E-state index contributed by atoms with van der Waals surface area (Å²) in [5.74, 6) is 0.215. The summed E-state index contributed by atoms with van der Waals surface area (Å²) < 4.78 is 14.8. The number of rotatable bonds is 7. The normalized spacial score (nSPS) is 12.9. The Kier molecular flexibility index (Phi) is 7.14. The zero-order valence-electron chi connectivity index (χ0n) is 8.99. The summed E-state index contributed by atoms with van der Waals surface area (Å²) in [6.45, 7) is 2.33. The molecule has 0 aromatic rings. The summed E-state index contributed by atoms with van der Waals surface area (Å²) in [6, 6.07) is 0. The second kappa shape index (κ2) is 7.58. The molecule has 5 nitrogen and oxygen atoms in total. The molecule has 0 aromatic heterocycles. The fraction of sp³-hybridized carbons (Fsp3) is 0.889. The van der Waals surface area contributed by atoms with E-state index >= 15 is 0 Å². The molecule has 0 spiro atoms. The summed E-state index contributed by atoms with van der Waals surface area (Å²) in [4.78, 5) is 10.4. The van der Waals surface area contributed by atoms with Gasteiger partial charge in [-0.1, -0.05) is 6.92 Å². The predicted octanol–water partition coefficient (Wildman–Crippen LogP) is 1.12. The van der Waals surface area contributed by atoms with Gasteiger partial charge in [-0.2, -0.15) is 0 Å². The molecule has 5 heteroatoms. The van der Waals surface area contributed by atoms with Crippen LogP contribution < -0.4 is 5.73 Å². The smallest absolute Gasteiger partial charge is 0.404 e. The van der Waals surface area contributed by atoms with Gasteiger partial charge >= 0.3 is 6.09 Å². The maximum absolute atomic E-state index is 10.4. The van der Waals surface area contributed by atoms with Crippen molar-refractivity contribution in [3.8, 4) is 0 Å². The number of ether oxygens (including phenoxy) is 3. The molecule has 0 saturated carbocycles. The van der Waals surface area contributed by atoms with Gasteiger partial charge in [-0.3, -0.25) is 0 Å². The van der Waals surface area contributed by atoms with E-state index in [0.29, 0.717) is 13.0 Å². The SMILES string of the molecule is CC[C@@H](COC(N)=O)CC(OC)OC. The molecule has 1 atom stereocenters. The number of hydrogen-bond donors (Lipinski definition) is 1. The first-order valence-corrected chi connectivity index (χ1v) is 4.61. The van der Waals surface area contributed by atoms with Gasteiger partial charge in [0, 0.05) is 20.6 Å². The van der Waals surface area contributed by atoms with Crippen molar-refractivity contribution in [1.82, 2.24) is 0 Å². The van der Waals surface area contributed by atoms with Crippen LogP contribution in [0.1, 0.15) is 19.8 Å². The van der Waals surface area contributed by atoms with Gasteiger partial charge in [0.1, 0.15) is 0 Å². The first-order valence-electron chi connectivity index (χ1n) is 4.61. The Balaban J connectivity index is 3.82. The molecule has 0 rings (SSSR count). The van der Waals surface area contributed by atoms with Gasteiger partial charge < -0.3 is 19.9 Å². The van der Waals surface area contributed by atoms with E-state index in [1.807, 2.05) is 6.92 Å². The van der Waals surface area contributed by atoms with Crippen molar-refractivity contribution in [2.75, 3.05) is 20.8 Å². The van der Waals surface area contributed by atoms with Gasteiger partial charge in [0.2, 0.25) is 0 Å². The van der Waals surface area contributed by atoms with Crippen molar-refractivity contribution in [1.29, 1.82) is 0 Å². The number of methoxy groups -OCH3 is 2. The van der Waals surface area contributed by atoms with Crippen LogP contribution in [0.25, 0.3) is 0 Å². The van der Waals surface area contributed by atoms with Crippen molar-refractivity contribution in [3.63, 3.8) is 0 Å². The molecule has 0 bridgehead atoms. The number of amides is 1. The summed E-state index contributed by atoms with van der Waals surface area (Å²) in [6.07, 6.45) is 0.582. The molecule has 0 fully saturated rings. The second-order valence-corrected chi connectivity index (χ2v) is 3.04. The Bertz CT molecular complexity index is 159. The van der Waals surface area contributed by atoms with Gasteiger partial charge in [0.05, 0.1) is 6.61 Å². The molecule has 0 aliphatic heterocycles. The highest BCUT2D eigenvalue weighted by Crippen LogP contribution is 2.13. The highest BCUT2D eigenvalue weighted by atomic mass is 16.7. The van der Waals surface area contributed by atoms with Crippen molar-refractivity contribution in [3.05, 3.63) is 0 Å². The molecule has 0 radical (unpaired) electrons. The molecule has 0 aliphatic carbocycles. The summed E-state index contributed by atoms with van der Waals surface area (Å²) in [7, 11) is 3.16. The van der Waals surface area contributed by atoms with E-state index in [0.717, 1.165) is 6.42 Å². The number of carbonyl (C=O) groups excluding carboxylic acids is 1. The Labute approximate surface area is 84.5 Å². The lowest BCUT2D eigenvalue weighted by atomic mass is 10.0. The average Bonchev–Trinajstić information content (AvgIpc) is 2.18. The number of hydrogen-bond acceptors (Lipinski definition) is 4. The molecule has 0 heterocycles. The third kappa shape index (κ3) is 5.77. The van der Waals surface area contributed by atoms with Gasteiger partial charge in [-0.15, -0.1) is 0 Å². The third-order valence-electron chi connectivity index (χ3n) is 2.09. The number of carbonyl (C=O) groups is 1. The van der Waals surface area contributed by atoms with Crippen LogP contribution in [0.3, 0.4) is 0 Å². The highest BCUT2D eigenvalue weighted by Gasteiger charge is 2.15. The van der Waals surface area contributed by atoms with Crippen LogP contribution in [0.4, 0.5) is 4.79 Å². The van der Waals surface area contributed by atoms with Crippen LogP contribution in [0.15, 0.2) is 0 Å². The van der Waals surface area contributed by atoms with Crippen LogP contribution in [0, 0.1) is 5.92 Å². The van der Waals surface area contributed by atoms with Gasteiger partial charge in [0.15, 0.2) is 6.29 Å². The van der Waals surface area contributed by atoms with Crippen molar-refractivity contribution in [2.45, 2.75) is 26.1 Å². The van der Waals surface area contributed by atoms with Crippen molar-refractivity contribution >= 4 is 6.09 Å². The topological polar surface area (TPSA) is 70.8 Å². The molecular formula is C9H19NO4. The van der Waals surface area contributed by atoms with Crippen LogP contribution >= 0.6 is 0 Å². The maximum atomic E-state index is 10.4. The van der Waals surface area contributed by atoms with Crippen LogP contribution in [0.2, 0.25) is 0 Å². The van der Waals surface area contributed by atoms with Gasteiger partial charge in [0.25, 0.3) is 0 Å². The van der Waals surface area contributed by atoms with E-state index in [4.69, 9.17) is 19.9 Å². The van der Waals surface area contributed by atoms with E-state index in [9.17, 15) is 4.79 Å². The van der Waals surface area contributed by atoms with Crippen LogP contribution in [-0.2, 0) is 14.2 Å². The van der Waals surface area contributed by atoms with Crippen molar-refractivity contribution in [2.24, 2.45) is 11.7 Å². The van der Waals surface area contributed by atoms with Crippen molar-refractivity contribution < 1.29 is 19.0 Å². The largest absolute Gasteiger partial charge is 0.449 e. The molecule has 84 valence electrons. The average molecular weight is 205 g/mol. The maximum Gasteiger partial charge on any atom is 0.404 e. The van der Waals surface area contributed by atoms with Crippen LogP contribution in [-0.4, -0.2) is 33.2 Å². The molecule has 0 unspecified atom stereocenters. The standard InChI is InChI=1S/C9H19NO4/c1-4-7(6-14-9(10)11)5-8(12-2)13-3/h7-8H,4-6H2,1-3H3,(H2,10,11)/t7-/m1/s1. The monoisotopic (exact) mass is 205 g/mol. The van der Waals surface area contributed by atoms with Gasteiger partial charge in [-0.25, -0.2) is 4.79 Å². The molecule has 0 aliphatic rings. The summed E-state index contributed by atoms with van der Waals surface area (Å²) in [5.41, 5.74) is 4.87. The minimum Gasteiger partial charge on any atom is -0.449 e. The lowest BCUT2D eigenvalue weighted by Gasteiger charge is -2.19.